The van der Waals surface area contributed by atoms with Crippen molar-refractivity contribution in [1.82, 2.24) is 25.1 Å². The van der Waals surface area contributed by atoms with Crippen molar-refractivity contribution in [3.8, 4) is 40.2 Å². The van der Waals surface area contributed by atoms with Crippen LogP contribution in [-0.4, -0.2) is 39.4 Å². The molecule has 0 unspecified atom stereocenters. The first-order valence-electron chi connectivity index (χ1n) is 7.82. The summed E-state index contributed by atoms with van der Waals surface area (Å²) >= 11 is 0. The van der Waals surface area contributed by atoms with Gasteiger partial charge in [-0.3, -0.25) is 0 Å². The molecule has 0 aliphatic rings. The van der Waals surface area contributed by atoms with E-state index >= 15 is 0 Å². The lowest BCUT2D eigenvalue weighted by Gasteiger charge is -2.05. The summed E-state index contributed by atoms with van der Waals surface area (Å²) in [5.41, 5.74) is 2.10. The standard InChI is InChI=1S/C18H15N5O3/c1-24-14-8-12(9-15(10-14)25-2)18-19-17(21-26-18)16-11-23(22-20-16)13-6-4-3-5-7-13/h3-11H,1-2H3. The van der Waals surface area contributed by atoms with E-state index in [9.17, 15) is 0 Å². The van der Waals surface area contributed by atoms with Gasteiger partial charge < -0.3 is 14.0 Å². The smallest absolute Gasteiger partial charge is 0.258 e. The zero-order valence-electron chi connectivity index (χ0n) is 14.2. The number of methoxy groups -OCH3 is 2. The maximum absolute atomic E-state index is 5.37. The molecule has 0 radical (unpaired) electrons. The second kappa shape index (κ2) is 6.67. The van der Waals surface area contributed by atoms with Gasteiger partial charge in [0.15, 0.2) is 5.69 Å². The van der Waals surface area contributed by atoms with Crippen LogP contribution in [0.5, 0.6) is 11.5 Å². The Balaban J connectivity index is 1.66. The number of hydrogen-bond acceptors (Lipinski definition) is 7. The minimum atomic E-state index is 0.339. The van der Waals surface area contributed by atoms with E-state index in [2.05, 4.69) is 20.5 Å². The highest BCUT2D eigenvalue weighted by Gasteiger charge is 2.15. The molecule has 0 saturated heterocycles. The van der Waals surface area contributed by atoms with Crippen molar-refractivity contribution in [2.75, 3.05) is 14.2 Å². The molecule has 0 saturated carbocycles. The van der Waals surface area contributed by atoms with Crippen LogP contribution in [0.1, 0.15) is 0 Å². The molecule has 0 aliphatic heterocycles. The zero-order chi connectivity index (χ0) is 17.9. The van der Waals surface area contributed by atoms with Crippen LogP contribution in [0.4, 0.5) is 0 Å². The second-order valence-electron chi connectivity index (χ2n) is 5.41. The molecule has 0 aliphatic carbocycles. The van der Waals surface area contributed by atoms with Crippen molar-refractivity contribution in [2.24, 2.45) is 0 Å². The summed E-state index contributed by atoms with van der Waals surface area (Å²) in [4.78, 5) is 4.40. The number of aromatic nitrogens is 5. The monoisotopic (exact) mass is 349 g/mol. The quantitative estimate of drug-likeness (QED) is 0.547. The van der Waals surface area contributed by atoms with Crippen LogP contribution in [0, 0.1) is 0 Å². The third-order valence-electron chi connectivity index (χ3n) is 3.77. The van der Waals surface area contributed by atoms with Gasteiger partial charge in [-0.15, -0.1) is 5.10 Å². The first-order valence-corrected chi connectivity index (χ1v) is 7.82. The van der Waals surface area contributed by atoms with E-state index in [0.717, 1.165) is 5.69 Å². The van der Waals surface area contributed by atoms with E-state index in [0.29, 0.717) is 34.5 Å². The molecular formula is C18H15N5O3. The van der Waals surface area contributed by atoms with Crippen LogP contribution in [0.3, 0.4) is 0 Å². The Kier molecular flexibility index (Phi) is 4.06. The van der Waals surface area contributed by atoms with Crippen molar-refractivity contribution in [3.05, 3.63) is 54.7 Å². The Bertz CT molecular complexity index is 1000. The van der Waals surface area contributed by atoms with Gasteiger partial charge in [0.2, 0.25) is 5.82 Å². The first-order chi connectivity index (χ1) is 12.8. The second-order valence-corrected chi connectivity index (χ2v) is 5.41. The van der Waals surface area contributed by atoms with Crippen molar-refractivity contribution >= 4 is 0 Å². The molecule has 0 bridgehead atoms. The molecule has 2 heterocycles. The number of hydrogen-bond donors (Lipinski definition) is 0. The lowest BCUT2D eigenvalue weighted by atomic mass is 10.2. The Morgan fingerprint density at radius 1 is 0.962 bits per heavy atom. The van der Waals surface area contributed by atoms with Gasteiger partial charge in [0, 0.05) is 11.6 Å². The van der Waals surface area contributed by atoms with Crippen molar-refractivity contribution < 1.29 is 14.0 Å². The molecule has 0 fully saturated rings. The van der Waals surface area contributed by atoms with E-state index in [1.807, 2.05) is 30.3 Å². The summed E-state index contributed by atoms with van der Waals surface area (Å²) in [6.07, 6.45) is 1.75. The fourth-order valence-corrected chi connectivity index (χ4v) is 2.45. The predicted molar refractivity (Wildman–Crippen MR) is 93.2 cm³/mol. The summed E-state index contributed by atoms with van der Waals surface area (Å²) in [6, 6.07) is 15.0. The highest BCUT2D eigenvalue weighted by Crippen LogP contribution is 2.29. The van der Waals surface area contributed by atoms with Gasteiger partial charge in [-0.2, -0.15) is 4.98 Å². The summed E-state index contributed by atoms with van der Waals surface area (Å²) in [6.45, 7) is 0. The fourth-order valence-electron chi connectivity index (χ4n) is 2.45. The summed E-state index contributed by atoms with van der Waals surface area (Å²) < 4.78 is 17.6. The molecule has 8 heteroatoms. The molecule has 2 aromatic heterocycles. The van der Waals surface area contributed by atoms with Crippen molar-refractivity contribution in [3.63, 3.8) is 0 Å². The number of benzene rings is 2. The highest BCUT2D eigenvalue weighted by atomic mass is 16.5. The van der Waals surface area contributed by atoms with Gasteiger partial charge in [-0.05, 0) is 24.3 Å². The average Bonchev–Trinajstić information content (AvgIpc) is 3.37. The van der Waals surface area contributed by atoms with Gasteiger partial charge in [-0.25, -0.2) is 4.68 Å². The summed E-state index contributed by atoms with van der Waals surface area (Å²) in [5.74, 6) is 1.96. The highest BCUT2D eigenvalue weighted by molar-refractivity contribution is 5.61. The van der Waals surface area contributed by atoms with Crippen molar-refractivity contribution in [2.45, 2.75) is 0 Å². The molecule has 8 nitrogen and oxygen atoms in total. The van der Waals surface area contributed by atoms with E-state index in [1.54, 1.807) is 43.3 Å². The number of rotatable bonds is 5. The van der Waals surface area contributed by atoms with Crippen molar-refractivity contribution in [1.29, 1.82) is 0 Å². The topological polar surface area (TPSA) is 88.1 Å². The van der Waals surface area contributed by atoms with Crippen LogP contribution in [0.25, 0.3) is 28.7 Å². The van der Waals surface area contributed by atoms with Gasteiger partial charge in [0.25, 0.3) is 5.89 Å². The van der Waals surface area contributed by atoms with Gasteiger partial charge in [0.1, 0.15) is 11.5 Å². The van der Waals surface area contributed by atoms with Gasteiger partial charge >= 0.3 is 0 Å². The molecule has 0 N–H and O–H groups in total. The largest absolute Gasteiger partial charge is 0.497 e. The predicted octanol–water partition coefficient (Wildman–Crippen LogP) is 3.00. The minimum absolute atomic E-state index is 0.339. The van der Waals surface area contributed by atoms with Crippen LogP contribution in [-0.2, 0) is 0 Å². The lowest BCUT2D eigenvalue weighted by molar-refractivity contribution is 0.393. The normalized spacial score (nSPS) is 10.7. The number of nitrogens with zero attached hydrogens (tertiary/aromatic N) is 5. The van der Waals surface area contributed by atoms with Crippen LogP contribution < -0.4 is 9.47 Å². The molecule has 0 atom stereocenters. The molecule has 4 aromatic rings. The van der Waals surface area contributed by atoms with Gasteiger partial charge in [-0.1, -0.05) is 28.6 Å². The Morgan fingerprint density at radius 3 is 2.38 bits per heavy atom. The number of ether oxygens (including phenoxy) is 2. The molecule has 4 rings (SSSR count). The summed E-state index contributed by atoms with van der Waals surface area (Å²) in [7, 11) is 3.17. The first kappa shape index (κ1) is 15.8. The summed E-state index contributed by atoms with van der Waals surface area (Å²) in [5, 5.41) is 12.2. The Labute approximate surface area is 149 Å². The molecule has 130 valence electrons. The third-order valence-corrected chi connectivity index (χ3v) is 3.77. The minimum Gasteiger partial charge on any atom is -0.497 e. The maximum Gasteiger partial charge on any atom is 0.258 e. The average molecular weight is 349 g/mol. The van der Waals surface area contributed by atoms with E-state index < -0.39 is 0 Å². The van der Waals surface area contributed by atoms with Crippen LogP contribution in [0.2, 0.25) is 0 Å². The third kappa shape index (κ3) is 3.00. The van der Waals surface area contributed by atoms with E-state index in [4.69, 9.17) is 14.0 Å². The van der Waals surface area contributed by atoms with E-state index in [-0.39, 0.29) is 0 Å². The Hall–Kier alpha value is -3.68. The molecule has 0 spiro atoms. The molecular weight excluding hydrogens is 334 g/mol. The van der Waals surface area contributed by atoms with Crippen LogP contribution >= 0.6 is 0 Å². The number of para-hydroxylation sites is 1. The lowest BCUT2D eigenvalue weighted by Crippen LogP contribution is -1.93. The van der Waals surface area contributed by atoms with E-state index in [1.165, 1.54) is 0 Å². The fraction of sp³-hybridized carbons (Fsp3) is 0.111. The molecule has 2 aromatic carbocycles. The van der Waals surface area contributed by atoms with Gasteiger partial charge in [0.05, 0.1) is 26.1 Å². The molecule has 26 heavy (non-hydrogen) atoms. The van der Waals surface area contributed by atoms with Crippen LogP contribution in [0.15, 0.2) is 59.3 Å². The SMILES string of the molecule is COc1cc(OC)cc(-c2nc(-c3cn(-c4ccccc4)nn3)no2)c1. The Morgan fingerprint density at radius 2 is 1.69 bits per heavy atom. The zero-order valence-corrected chi connectivity index (χ0v) is 14.2. The maximum atomic E-state index is 5.37. The molecule has 0 amide bonds.